The van der Waals surface area contributed by atoms with E-state index >= 15 is 0 Å². The Morgan fingerprint density at radius 2 is 1.83 bits per heavy atom. The van der Waals surface area contributed by atoms with E-state index in [4.69, 9.17) is 11.5 Å². The molecule has 5 N–H and O–H groups in total. The van der Waals surface area contributed by atoms with Crippen LogP contribution >= 0.6 is 11.8 Å². The number of benzene rings is 2. The zero-order valence-corrected chi connectivity index (χ0v) is 21.7. The van der Waals surface area contributed by atoms with E-state index < -0.39 is 0 Å². The number of allylic oxidation sites excluding steroid dienone is 5. The van der Waals surface area contributed by atoms with Crippen molar-refractivity contribution in [2.45, 2.75) is 20.3 Å². The Kier molecular flexibility index (Phi) is 8.61. The number of nitrogens with one attached hydrogen (secondary N) is 1. The molecule has 6 heteroatoms. The molecule has 0 radical (unpaired) electrons. The van der Waals surface area contributed by atoms with E-state index in [-0.39, 0.29) is 0 Å². The molecule has 2 heterocycles. The summed E-state index contributed by atoms with van der Waals surface area (Å²) < 4.78 is 0. The molecule has 0 aromatic heterocycles. The number of fused-ring (bicyclic) bond motifs is 1. The first-order chi connectivity index (χ1) is 17.1. The summed E-state index contributed by atoms with van der Waals surface area (Å²) in [6.07, 6.45) is 11.8. The van der Waals surface area contributed by atoms with E-state index in [9.17, 15) is 0 Å². The summed E-state index contributed by atoms with van der Waals surface area (Å²) in [6.45, 7) is 10.6. The number of thioether (sulfide) groups is 1. The average molecular weight is 488 g/mol. The molecule has 2 aromatic rings. The van der Waals surface area contributed by atoms with Gasteiger partial charge in [0.05, 0.1) is 0 Å². The lowest BCUT2D eigenvalue weighted by Gasteiger charge is -2.36. The number of nitrogen functional groups attached to an aromatic ring is 1. The van der Waals surface area contributed by atoms with Crippen molar-refractivity contribution in [1.82, 2.24) is 15.1 Å². The second-order valence-corrected chi connectivity index (χ2v) is 9.83. The normalized spacial score (nSPS) is 19.2. The fraction of sp³-hybridized carbons (Fsp3) is 0.310. The Morgan fingerprint density at radius 1 is 1.06 bits per heavy atom. The lowest BCUT2D eigenvalue weighted by molar-refractivity contribution is 0.168. The van der Waals surface area contributed by atoms with Crippen LogP contribution in [0.15, 0.2) is 88.1 Å². The van der Waals surface area contributed by atoms with Crippen LogP contribution in [-0.2, 0) is 0 Å². The third-order valence-corrected chi connectivity index (χ3v) is 7.73. The van der Waals surface area contributed by atoms with Crippen molar-refractivity contribution in [3.05, 3.63) is 93.7 Å². The first kappa shape index (κ1) is 25.0. The van der Waals surface area contributed by atoms with Crippen molar-refractivity contribution in [2.75, 3.05) is 45.0 Å². The summed E-state index contributed by atoms with van der Waals surface area (Å²) in [5.74, 6) is 0.760. The molecule has 0 saturated carbocycles. The van der Waals surface area contributed by atoms with E-state index in [1.807, 2.05) is 12.1 Å². The van der Waals surface area contributed by atoms with Gasteiger partial charge in [-0.2, -0.15) is 0 Å². The number of nitrogens with two attached hydrogens (primary N) is 2. The molecule has 35 heavy (non-hydrogen) atoms. The van der Waals surface area contributed by atoms with Crippen molar-refractivity contribution < 1.29 is 0 Å². The number of nitrogens with zero attached hydrogens (tertiary/aromatic N) is 2. The first-order valence-corrected chi connectivity index (χ1v) is 13.3. The molecule has 0 aliphatic carbocycles. The number of likely N-dealkylation sites (N-methyl/N-ethyl adjacent to an activating group) is 1. The Balaban J connectivity index is 1.29. The Hall–Kier alpha value is -3.09. The molecule has 0 unspecified atom stereocenters. The van der Waals surface area contributed by atoms with Gasteiger partial charge in [0.25, 0.3) is 0 Å². The maximum atomic E-state index is 6.37. The van der Waals surface area contributed by atoms with Crippen molar-refractivity contribution in [3.8, 4) is 0 Å². The standard InChI is InChI=1S/C29H37N5S/c1-3-24(34-18-16-33(4-2)17-19-34)8-7-15-32-29(31)28-20-22(21-35-28)11-12-23-13-14-27(30)26-10-6-5-9-25(23)26/h3,5-14,21,32H,4,15-20,30-31H2,1-2H3/b8-7-,12-11+,24-3+,29-28-. The fourth-order valence-electron chi connectivity index (χ4n) is 4.51. The molecule has 2 aromatic carbocycles. The van der Waals surface area contributed by atoms with Gasteiger partial charge in [-0.1, -0.05) is 73.3 Å². The quantitative estimate of drug-likeness (QED) is 0.348. The fourth-order valence-corrected chi connectivity index (χ4v) is 5.42. The van der Waals surface area contributed by atoms with E-state index in [0.29, 0.717) is 6.54 Å². The highest BCUT2D eigenvalue weighted by molar-refractivity contribution is 8.06. The van der Waals surface area contributed by atoms with Crippen LogP contribution < -0.4 is 16.8 Å². The summed E-state index contributed by atoms with van der Waals surface area (Å²) in [7, 11) is 0. The van der Waals surface area contributed by atoms with Gasteiger partial charge in [0.1, 0.15) is 5.82 Å². The molecule has 5 nitrogen and oxygen atoms in total. The summed E-state index contributed by atoms with van der Waals surface area (Å²) in [6, 6.07) is 12.3. The number of piperazine rings is 1. The van der Waals surface area contributed by atoms with Crippen molar-refractivity contribution in [2.24, 2.45) is 5.73 Å². The highest BCUT2D eigenvalue weighted by Gasteiger charge is 2.16. The minimum absolute atomic E-state index is 0.713. The molecule has 2 aliphatic rings. The summed E-state index contributed by atoms with van der Waals surface area (Å²) in [5, 5.41) is 7.82. The van der Waals surface area contributed by atoms with Crippen LogP contribution in [0.3, 0.4) is 0 Å². The van der Waals surface area contributed by atoms with Gasteiger partial charge in [0.2, 0.25) is 0 Å². The van der Waals surface area contributed by atoms with Crippen LogP contribution in [0.2, 0.25) is 0 Å². The van der Waals surface area contributed by atoms with Crippen molar-refractivity contribution >= 4 is 34.3 Å². The maximum absolute atomic E-state index is 6.37. The Morgan fingerprint density at radius 3 is 2.57 bits per heavy atom. The largest absolute Gasteiger partial charge is 0.398 e. The van der Waals surface area contributed by atoms with Gasteiger partial charge < -0.3 is 26.6 Å². The van der Waals surface area contributed by atoms with Gasteiger partial charge in [-0.25, -0.2) is 0 Å². The summed E-state index contributed by atoms with van der Waals surface area (Å²) in [5.41, 5.74) is 17.0. The number of hydrogen-bond acceptors (Lipinski definition) is 6. The molecule has 184 valence electrons. The lowest BCUT2D eigenvalue weighted by atomic mass is 10.0. The minimum Gasteiger partial charge on any atom is -0.398 e. The molecule has 0 amide bonds. The molecule has 0 bridgehead atoms. The molecule has 0 atom stereocenters. The van der Waals surface area contributed by atoms with Crippen LogP contribution in [0.4, 0.5) is 5.69 Å². The number of anilines is 1. The number of hydrogen-bond donors (Lipinski definition) is 3. The van der Waals surface area contributed by atoms with Gasteiger partial charge in [-0.15, -0.1) is 0 Å². The summed E-state index contributed by atoms with van der Waals surface area (Å²) in [4.78, 5) is 6.13. The average Bonchev–Trinajstić information content (AvgIpc) is 3.38. The topological polar surface area (TPSA) is 70.5 Å². The second-order valence-electron chi connectivity index (χ2n) is 8.87. The zero-order valence-electron chi connectivity index (χ0n) is 20.8. The van der Waals surface area contributed by atoms with E-state index in [0.717, 1.165) is 56.0 Å². The van der Waals surface area contributed by atoms with E-state index in [1.54, 1.807) is 11.8 Å². The molecule has 2 aliphatic heterocycles. The monoisotopic (exact) mass is 487 g/mol. The molecule has 1 fully saturated rings. The summed E-state index contributed by atoms with van der Waals surface area (Å²) >= 11 is 1.70. The predicted molar refractivity (Wildman–Crippen MR) is 153 cm³/mol. The molecule has 1 saturated heterocycles. The van der Waals surface area contributed by atoms with Gasteiger partial charge in [-0.05, 0) is 47.5 Å². The zero-order chi connectivity index (χ0) is 24.6. The predicted octanol–water partition coefficient (Wildman–Crippen LogP) is 5.27. The van der Waals surface area contributed by atoms with Crippen LogP contribution in [-0.4, -0.2) is 49.1 Å². The van der Waals surface area contributed by atoms with Crippen LogP contribution in [0, 0.1) is 0 Å². The molecule has 4 rings (SSSR count). The molecular formula is C29H37N5S. The third kappa shape index (κ3) is 6.32. The van der Waals surface area contributed by atoms with Crippen LogP contribution in [0.1, 0.15) is 25.8 Å². The van der Waals surface area contributed by atoms with Gasteiger partial charge in [-0.3, -0.25) is 0 Å². The van der Waals surface area contributed by atoms with Gasteiger partial charge >= 0.3 is 0 Å². The van der Waals surface area contributed by atoms with E-state index in [1.165, 1.54) is 27.1 Å². The first-order valence-electron chi connectivity index (χ1n) is 12.4. The lowest BCUT2D eigenvalue weighted by Crippen LogP contribution is -2.45. The minimum atomic E-state index is 0.713. The highest BCUT2D eigenvalue weighted by atomic mass is 32.2. The highest BCUT2D eigenvalue weighted by Crippen LogP contribution is 2.36. The molecular weight excluding hydrogens is 450 g/mol. The second kappa shape index (κ2) is 12.0. The Bertz CT molecular complexity index is 1180. The van der Waals surface area contributed by atoms with E-state index in [2.05, 4.69) is 89.0 Å². The molecule has 0 spiro atoms. The van der Waals surface area contributed by atoms with Gasteiger partial charge in [0, 0.05) is 60.8 Å². The third-order valence-electron chi connectivity index (χ3n) is 6.67. The maximum Gasteiger partial charge on any atom is 0.107 e. The smallest absolute Gasteiger partial charge is 0.107 e. The van der Waals surface area contributed by atoms with Crippen LogP contribution in [0.5, 0.6) is 0 Å². The SMILES string of the molecule is C/C=C(\C=C/CN/C(N)=C1/CC(/C=C/c2ccc(N)c3ccccc23)=CS1)N1CCN(CC)CC1. The van der Waals surface area contributed by atoms with Gasteiger partial charge in [0.15, 0.2) is 0 Å². The van der Waals surface area contributed by atoms with Crippen molar-refractivity contribution in [1.29, 1.82) is 0 Å². The Labute approximate surface area is 213 Å². The van der Waals surface area contributed by atoms with Crippen molar-refractivity contribution in [3.63, 3.8) is 0 Å². The van der Waals surface area contributed by atoms with Crippen LogP contribution in [0.25, 0.3) is 16.8 Å². The number of rotatable bonds is 8.